The van der Waals surface area contributed by atoms with Crippen LogP contribution in [-0.2, 0) is 22.6 Å². The third kappa shape index (κ3) is 2.98. The molecule has 0 saturated carbocycles. The van der Waals surface area contributed by atoms with Crippen molar-refractivity contribution in [2.45, 2.75) is 33.4 Å². The summed E-state index contributed by atoms with van der Waals surface area (Å²) in [7, 11) is 1.61. The summed E-state index contributed by atoms with van der Waals surface area (Å²) in [6.07, 6.45) is 2.21. The first-order valence-corrected chi connectivity index (χ1v) is 6.82. The Morgan fingerprint density at radius 3 is 2.95 bits per heavy atom. The quantitative estimate of drug-likeness (QED) is 0.758. The zero-order valence-corrected chi connectivity index (χ0v) is 12.2. The molecule has 0 aliphatic heterocycles. The summed E-state index contributed by atoms with van der Waals surface area (Å²) in [5.41, 5.74) is 2.97. The van der Waals surface area contributed by atoms with Crippen molar-refractivity contribution in [2.75, 3.05) is 20.3 Å². The van der Waals surface area contributed by atoms with Gasteiger partial charge in [0, 0.05) is 26.6 Å². The predicted octanol–water partition coefficient (Wildman–Crippen LogP) is 0.714. The van der Waals surface area contributed by atoms with E-state index in [4.69, 9.17) is 4.74 Å². The molecule has 0 fully saturated rings. The molecule has 2 aromatic heterocycles. The number of carbonyl (C=O) groups is 1. The number of rotatable bonds is 7. The average molecular weight is 279 g/mol. The van der Waals surface area contributed by atoms with Crippen LogP contribution in [0.5, 0.6) is 0 Å². The van der Waals surface area contributed by atoms with Crippen molar-refractivity contribution >= 4 is 16.9 Å². The molecule has 2 aromatic rings. The van der Waals surface area contributed by atoms with Crippen LogP contribution >= 0.6 is 0 Å². The predicted molar refractivity (Wildman–Crippen MR) is 75.4 cm³/mol. The first-order valence-electron chi connectivity index (χ1n) is 6.82. The summed E-state index contributed by atoms with van der Waals surface area (Å²) in [5.74, 6) is 0.00577. The number of aryl methyl sites for hydroxylation is 3. The molecule has 1 amide bonds. The summed E-state index contributed by atoms with van der Waals surface area (Å²) < 4.78 is 8.66. The van der Waals surface area contributed by atoms with E-state index in [0.717, 1.165) is 23.3 Å². The van der Waals surface area contributed by atoms with Gasteiger partial charge in [-0.1, -0.05) is 0 Å². The first kappa shape index (κ1) is 14.5. The molecule has 20 heavy (non-hydrogen) atoms. The minimum atomic E-state index is 0.00577. The van der Waals surface area contributed by atoms with Crippen LogP contribution in [0.25, 0.3) is 11.0 Å². The van der Waals surface area contributed by atoms with Crippen LogP contribution in [0, 0.1) is 6.92 Å². The van der Waals surface area contributed by atoms with Gasteiger partial charge in [-0.15, -0.1) is 0 Å². The van der Waals surface area contributed by atoms with E-state index < -0.39 is 0 Å². The molecule has 110 valence electrons. The maximum Gasteiger partial charge on any atom is 0.221 e. The Balaban J connectivity index is 2.00. The van der Waals surface area contributed by atoms with Gasteiger partial charge >= 0.3 is 0 Å². The normalized spacial score (nSPS) is 11.2. The van der Waals surface area contributed by atoms with Crippen LogP contribution in [0.15, 0.2) is 6.20 Å². The van der Waals surface area contributed by atoms with Crippen molar-refractivity contribution in [1.82, 2.24) is 24.9 Å². The highest BCUT2D eigenvalue weighted by atomic mass is 16.5. The number of ether oxygens (including phenoxy) is 1. The minimum absolute atomic E-state index is 0.00577. The lowest BCUT2D eigenvalue weighted by Crippen LogP contribution is -2.27. The summed E-state index contributed by atoms with van der Waals surface area (Å²) in [4.78, 5) is 11.7. The lowest BCUT2D eigenvalue weighted by molar-refractivity contribution is -0.121. The Kier molecular flexibility index (Phi) is 4.73. The molecule has 0 aliphatic rings. The minimum Gasteiger partial charge on any atom is -0.383 e. The van der Waals surface area contributed by atoms with E-state index in [1.807, 2.05) is 29.4 Å². The molecular formula is C13H21N5O2. The Labute approximate surface area is 117 Å². The summed E-state index contributed by atoms with van der Waals surface area (Å²) in [6, 6.07) is 0. The molecule has 0 radical (unpaired) electrons. The SMILES string of the molecule is CCn1nc(C)c2c1cnn2CCC(=O)NCCOC. The fourth-order valence-corrected chi connectivity index (χ4v) is 2.22. The van der Waals surface area contributed by atoms with E-state index in [1.54, 1.807) is 7.11 Å². The van der Waals surface area contributed by atoms with Gasteiger partial charge in [-0.05, 0) is 13.8 Å². The topological polar surface area (TPSA) is 74.0 Å². The maximum atomic E-state index is 11.7. The van der Waals surface area contributed by atoms with Crippen molar-refractivity contribution < 1.29 is 9.53 Å². The zero-order chi connectivity index (χ0) is 14.5. The average Bonchev–Trinajstić information content (AvgIpc) is 2.98. The van der Waals surface area contributed by atoms with Crippen LogP contribution in [0.4, 0.5) is 0 Å². The fourth-order valence-electron chi connectivity index (χ4n) is 2.22. The third-order valence-electron chi connectivity index (χ3n) is 3.19. The molecule has 0 bridgehead atoms. The van der Waals surface area contributed by atoms with Gasteiger partial charge in [0.1, 0.15) is 11.0 Å². The van der Waals surface area contributed by atoms with Crippen molar-refractivity contribution in [3.8, 4) is 0 Å². The molecule has 0 atom stereocenters. The van der Waals surface area contributed by atoms with Crippen LogP contribution in [-0.4, -0.2) is 45.7 Å². The molecule has 0 saturated heterocycles. The molecule has 0 aromatic carbocycles. The number of hydrogen-bond donors (Lipinski definition) is 1. The van der Waals surface area contributed by atoms with E-state index in [1.165, 1.54) is 0 Å². The second kappa shape index (κ2) is 6.51. The highest BCUT2D eigenvalue weighted by Gasteiger charge is 2.13. The Hall–Kier alpha value is -1.89. The highest BCUT2D eigenvalue weighted by molar-refractivity contribution is 5.78. The molecular weight excluding hydrogens is 258 g/mol. The van der Waals surface area contributed by atoms with E-state index in [0.29, 0.717) is 26.1 Å². The standard InChI is InChI=1S/C13H21N5O2/c1-4-17-11-9-15-18(13(11)10(2)16-17)7-5-12(19)14-6-8-20-3/h9H,4-8H2,1-3H3,(H,14,19). The van der Waals surface area contributed by atoms with Crippen molar-refractivity contribution in [3.63, 3.8) is 0 Å². The van der Waals surface area contributed by atoms with Crippen molar-refractivity contribution in [3.05, 3.63) is 11.9 Å². The molecule has 2 rings (SSSR count). The number of methoxy groups -OCH3 is 1. The van der Waals surface area contributed by atoms with Crippen LogP contribution < -0.4 is 5.32 Å². The molecule has 7 nitrogen and oxygen atoms in total. The van der Waals surface area contributed by atoms with Gasteiger partial charge in [0.05, 0.1) is 25.0 Å². The van der Waals surface area contributed by atoms with E-state index in [-0.39, 0.29) is 5.91 Å². The monoisotopic (exact) mass is 279 g/mol. The Morgan fingerprint density at radius 2 is 2.25 bits per heavy atom. The van der Waals surface area contributed by atoms with Gasteiger partial charge in [0.2, 0.25) is 5.91 Å². The van der Waals surface area contributed by atoms with Gasteiger partial charge in [0.25, 0.3) is 0 Å². The maximum absolute atomic E-state index is 11.7. The lowest BCUT2D eigenvalue weighted by atomic mass is 10.3. The Morgan fingerprint density at radius 1 is 1.45 bits per heavy atom. The van der Waals surface area contributed by atoms with Gasteiger partial charge in [-0.25, -0.2) is 0 Å². The molecule has 2 heterocycles. The van der Waals surface area contributed by atoms with Gasteiger partial charge in [-0.3, -0.25) is 14.2 Å². The van der Waals surface area contributed by atoms with Gasteiger partial charge < -0.3 is 10.1 Å². The lowest BCUT2D eigenvalue weighted by Gasteiger charge is -2.05. The van der Waals surface area contributed by atoms with E-state index in [9.17, 15) is 4.79 Å². The summed E-state index contributed by atoms with van der Waals surface area (Å²) >= 11 is 0. The summed E-state index contributed by atoms with van der Waals surface area (Å²) in [6.45, 7) is 6.45. The third-order valence-corrected chi connectivity index (χ3v) is 3.19. The van der Waals surface area contributed by atoms with Crippen LogP contribution in [0.2, 0.25) is 0 Å². The van der Waals surface area contributed by atoms with E-state index >= 15 is 0 Å². The number of nitrogens with zero attached hydrogens (tertiary/aromatic N) is 4. The van der Waals surface area contributed by atoms with Crippen LogP contribution in [0.3, 0.4) is 0 Å². The molecule has 0 spiro atoms. The number of fused-ring (bicyclic) bond motifs is 1. The van der Waals surface area contributed by atoms with Crippen molar-refractivity contribution in [1.29, 1.82) is 0 Å². The summed E-state index contributed by atoms with van der Waals surface area (Å²) in [5, 5.41) is 11.6. The number of carbonyl (C=O) groups excluding carboxylic acids is 1. The number of amides is 1. The number of nitrogens with one attached hydrogen (secondary N) is 1. The molecule has 7 heteroatoms. The molecule has 0 aliphatic carbocycles. The highest BCUT2D eigenvalue weighted by Crippen LogP contribution is 2.17. The van der Waals surface area contributed by atoms with E-state index in [2.05, 4.69) is 15.5 Å². The van der Waals surface area contributed by atoms with Gasteiger partial charge in [0.15, 0.2) is 0 Å². The number of hydrogen-bond acceptors (Lipinski definition) is 4. The van der Waals surface area contributed by atoms with Crippen LogP contribution in [0.1, 0.15) is 19.0 Å². The smallest absolute Gasteiger partial charge is 0.221 e. The zero-order valence-electron chi connectivity index (χ0n) is 12.2. The largest absolute Gasteiger partial charge is 0.383 e. The van der Waals surface area contributed by atoms with Gasteiger partial charge in [-0.2, -0.15) is 10.2 Å². The second-order valence-corrected chi connectivity index (χ2v) is 4.60. The first-order chi connectivity index (χ1) is 9.67. The fraction of sp³-hybridized carbons (Fsp3) is 0.615. The second-order valence-electron chi connectivity index (χ2n) is 4.60. The molecule has 1 N–H and O–H groups in total. The van der Waals surface area contributed by atoms with Crippen molar-refractivity contribution in [2.24, 2.45) is 0 Å². The molecule has 0 unspecified atom stereocenters. The number of aromatic nitrogens is 4. The Bertz CT molecular complexity index is 587.